The molecule has 0 aliphatic carbocycles. The Balaban J connectivity index is 0.00000341. The number of halogens is 1. The second-order valence-electron chi connectivity index (χ2n) is 8.42. The van der Waals surface area contributed by atoms with E-state index in [1.807, 2.05) is 37.7 Å². The minimum absolute atomic E-state index is 0. The van der Waals surface area contributed by atoms with Crippen LogP contribution in [0.2, 0.25) is 0 Å². The van der Waals surface area contributed by atoms with Crippen molar-refractivity contribution in [3.8, 4) is 5.69 Å². The summed E-state index contributed by atoms with van der Waals surface area (Å²) in [5.74, 6) is 0.858. The van der Waals surface area contributed by atoms with E-state index in [0.29, 0.717) is 0 Å². The molecule has 1 aliphatic heterocycles. The van der Waals surface area contributed by atoms with Gasteiger partial charge < -0.3 is 20.3 Å². The van der Waals surface area contributed by atoms with Gasteiger partial charge in [0, 0.05) is 39.1 Å². The molecule has 1 aliphatic rings. The lowest BCUT2D eigenvalue weighted by Gasteiger charge is -2.23. The van der Waals surface area contributed by atoms with E-state index in [2.05, 4.69) is 49.9 Å². The van der Waals surface area contributed by atoms with Gasteiger partial charge in [0.05, 0.1) is 11.7 Å². The smallest absolute Gasteiger partial charge is 0.407 e. The van der Waals surface area contributed by atoms with E-state index in [0.717, 1.165) is 44.1 Å². The van der Waals surface area contributed by atoms with Gasteiger partial charge in [0.15, 0.2) is 5.96 Å². The van der Waals surface area contributed by atoms with Crippen molar-refractivity contribution in [1.82, 2.24) is 25.3 Å². The summed E-state index contributed by atoms with van der Waals surface area (Å²) in [6.45, 7) is 7.95. The zero-order valence-corrected chi connectivity index (χ0v) is 21.0. The lowest BCUT2D eigenvalue weighted by Crippen LogP contribution is -2.44. The Morgan fingerprint density at radius 3 is 2.65 bits per heavy atom. The first-order valence-corrected chi connectivity index (χ1v) is 10.4. The van der Waals surface area contributed by atoms with Gasteiger partial charge in [-0.1, -0.05) is 12.1 Å². The summed E-state index contributed by atoms with van der Waals surface area (Å²) < 4.78 is 7.19. The third kappa shape index (κ3) is 7.71. The van der Waals surface area contributed by atoms with Crippen LogP contribution in [0.5, 0.6) is 0 Å². The molecule has 2 N–H and O–H groups in total. The summed E-state index contributed by atoms with van der Waals surface area (Å²) in [6.07, 6.45) is 5.10. The maximum Gasteiger partial charge on any atom is 0.407 e. The van der Waals surface area contributed by atoms with Gasteiger partial charge in [-0.3, -0.25) is 4.99 Å². The zero-order chi connectivity index (χ0) is 21.6. The third-order valence-electron chi connectivity index (χ3n) is 4.82. The second-order valence-corrected chi connectivity index (χ2v) is 8.42. The standard InChI is InChI=1S/C22H32N6O2.HI/c1-22(2,3)30-21(29)26-18-11-15-27(16-18)20(23-4)24-13-10-17-6-8-19(9-7-17)28-14-5-12-25-28;/h5-9,12,14,18H,10-11,13,15-16H2,1-4H3,(H,23,24)(H,26,29);1H/t18-;/m1./s1. The molecule has 0 radical (unpaired) electrons. The van der Waals surface area contributed by atoms with Gasteiger partial charge in [-0.2, -0.15) is 5.10 Å². The third-order valence-corrected chi connectivity index (χ3v) is 4.82. The maximum absolute atomic E-state index is 12.0. The number of benzene rings is 1. The first-order valence-electron chi connectivity index (χ1n) is 10.4. The van der Waals surface area contributed by atoms with Crippen LogP contribution in [0.4, 0.5) is 4.79 Å². The van der Waals surface area contributed by atoms with Crippen molar-refractivity contribution in [2.75, 3.05) is 26.7 Å². The molecule has 0 saturated carbocycles. The van der Waals surface area contributed by atoms with Gasteiger partial charge in [-0.05, 0) is 57.4 Å². The number of ether oxygens (including phenoxy) is 1. The minimum atomic E-state index is -0.490. The predicted octanol–water partition coefficient (Wildman–Crippen LogP) is 3.21. The molecular formula is C22H33IN6O2. The summed E-state index contributed by atoms with van der Waals surface area (Å²) in [5, 5.41) is 10.6. The van der Waals surface area contributed by atoms with Gasteiger partial charge in [0.1, 0.15) is 5.60 Å². The molecule has 1 atom stereocenters. The Hall–Kier alpha value is -2.30. The number of alkyl carbamates (subject to hydrolysis) is 1. The van der Waals surface area contributed by atoms with E-state index in [1.54, 1.807) is 13.2 Å². The van der Waals surface area contributed by atoms with E-state index < -0.39 is 5.60 Å². The molecule has 9 heteroatoms. The van der Waals surface area contributed by atoms with Crippen molar-refractivity contribution in [3.05, 3.63) is 48.3 Å². The van der Waals surface area contributed by atoms with Crippen LogP contribution in [0.15, 0.2) is 47.7 Å². The highest BCUT2D eigenvalue weighted by molar-refractivity contribution is 14.0. The summed E-state index contributed by atoms with van der Waals surface area (Å²) in [4.78, 5) is 18.6. The number of aromatic nitrogens is 2. The molecule has 3 rings (SSSR count). The molecule has 1 saturated heterocycles. The normalized spacial score (nSPS) is 16.6. The van der Waals surface area contributed by atoms with Crippen LogP contribution < -0.4 is 10.6 Å². The number of guanidine groups is 1. The fourth-order valence-corrected chi connectivity index (χ4v) is 3.43. The van der Waals surface area contributed by atoms with Crippen LogP contribution in [0, 0.1) is 0 Å². The van der Waals surface area contributed by atoms with Crippen molar-refractivity contribution in [3.63, 3.8) is 0 Å². The molecule has 2 aromatic rings. The fraction of sp³-hybridized carbons (Fsp3) is 0.500. The molecule has 0 bridgehead atoms. The molecule has 2 heterocycles. The molecule has 31 heavy (non-hydrogen) atoms. The highest BCUT2D eigenvalue weighted by atomic mass is 127. The Morgan fingerprint density at radius 2 is 2.03 bits per heavy atom. The molecule has 1 fully saturated rings. The summed E-state index contributed by atoms with van der Waals surface area (Å²) in [6, 6.07) is 10.4. The van der Waals surface area contributed by atoms with Gasteiger partial charge >= 0.3 is 6.09 Å². The van der Waals surface area contributed by atoms with Crippen molar-refractivity contribution < 1.29 is 9.53 Å². The minimum Gasteiger partial charge on any atom is -0.444 e. The van der Waals surface area contributed by atoms with E-state index >= 15 is 0 Å². The summed E-state index contributed by atoms with van der Waals surface area (Å²) in [7, 11) is 1.79. The molecule has 170 valence electrons. The topological polar surface area (TPSA) is 83.8 Å². The molecular weight excluding hydrogens is 507 g/mol. The van der Waals surface area contributed by atoms with Gasteiger partial charge in [0.25, 0.3) is 0 Å². The first-order chi connectivity index (χ1) is 14.3. The van der Waals surface area contributed by atoms with Crippen LogP contribution in [0.3, 0.4) is 0 Å². The second kappa shape index (κ2) is 11.4. The number of hydrogen-bond donors (Lipinski definition) is 2. The maximum atomic E-state index is 12.0. The van der Waals surface area contributed by atoms with Gasteiger partial charge in [0.2, 0.25) is 0 Å². The summed E-state index contributed by atoms with van der Waals surface area (Å²) in [5.41, 5.74) is 1.81. The summed E-state index contributed by atoms with van der Waals surface area (Å²) >= 11 is 0. The van der Waals surface area contributed by atoms with Crippen molar-refractivity contribution in [2.45, 2.75) is 45.3 Å². The lowest BCUT2D eigenvalue weighted by atomic mass is 10.1. The molecule has 1 amide bonds. The quantitative estimate of drug-likeness (QED) is 0.346. The highest BCUT2D eigenvalue weighted by Crippen LogP contribution is 2.12. The average Bonchev–Trinajstić information content (AvgIpc) is 3.36. The molecule has 0 unspecified atom stereocenters. The largest absolute Gasteiger partial charge is 0.444 e. The molecule has 1 aromatic carbocycles. The number of nitrogens with zero attached hydrogens (tertiary/aromatic N) is 4. The van der Waals surface area contributed by atoms with Crippen LogP contribution >= 0.6 is 24.0 Å². The van der Waals surface area contributed by atoms with Crippen LogP contribution in [0.1, 0.15) is 32.8 Å². The number of carbonyl (C=O) groups is 1. The van der Waals surface area contributed by atoms with E-state index in [1.165, 1.54) is 5.56 Å². The molecule has 8 nitrogen and oxygen atoms in total. The van der Waals surface area contributed by atoms with Gasteiger partial charge in [-0.15, -0.1) is 24.0 Å². The van der Waals surface area contributed by atoms with Gasteiger partial charge in [-0.25, -0.2) is 9.48 Å². The van der Waals surface area contributed by atoms with Crippen molar-refractivity contribution in [2.24, 2.45) is 4.99 Å². The van der Waals surface area contributed by atoms with Crippen molar-refractivity contribution in [1.29, 1.82) is 0 Å². The SMILES string of the molecule is CN=C(NCCc1ccc(-n2cccn2)cc1)N1CC[C@@H](NC(=O)OC(C)(C)C)C1.I. The Morgan fingerprint density at radius 1 is 1.29 bits per heavy atom. The highest BCUT2D eigenvalue weighted by Gasteiger charge is 2.27. The molecule has 0 spiro atoms. The van der Waals surface area contributed by atoms with E-state index in [-0.39, 0.29) is 36.1 Å². The number of likely N-dealkylation sites (tertiary alicyclic amines) is 1. The monoisotopic (exact) mass is 540 g/mol. The number of amides is 1. The predicted molar refractivity (Wildman–Crippen MR) is 133 cm³/mol. The number of hydrogen-bond acceptors (Lipinski definition) is 4. The van der Waals surface area contributed by atoms with Crippen LogP contribution in [0.25, 0.3) is 5.69 Å². The van der Waals surface area contributed by atoms with E-state index in [9.17, 15) is 4.79 Å². The Labute approximate surface area is 201 Å². The molecule has 1 aromatic heterocycles. The number of aliphatic imine (C=N–C) groups is 1. The average molecular weight is 540 g/mol. The van der Waals surface area contributed by atoms with E-state index in [4.69, 9.17) is 4.74 Å². The fourth-order valence-electron chi connectivity index (χ4n) is 3.43. The first kappa shape index (κ1) is 25.0. The Bertz CT molecular complexity index is 846. The number of nitrogens with one attached hydrogen (secondary N) is 2. The van der Waals surface area contributed by atoms with Crippen LogP contribution in [-0.4, -0.2) is 65.1 Å². The van der Waals surface area contributed by atoms with Crippen molar-refractivity contribution >= 4 is 36.0 Å². The number of carbonyl (C=O) groups excluding carboxylic acids is 1. The van der Waals surface area contributed by atoms with Crippen LogP contribution in [-0.2, 0) is 11.2 Å². The zero-order valence-electron chi connectivity index (χ0n) is 18.7. The Kier molecular flexibility index (Phi) is 9.15. The lowest BCUT2D eigenvalue weighted by molar-refractivity contribution is 0.0507. The number of rotatable bonds is 5.